The van der Waals surface area contributed by atoms with E-state index in [2.05, 4.69) is 10.0 Å². The van der Waals surface area contributed by atoms with E-state index in [0.717, 1.165) is 31.9 Å². The fourth-order valence-electron chi connectivity index (χ4n) is 3.60. The van der Waals surface area contributed by atoms with E-state index < -0.39 is 21.7 Å². The Labute approximate surface area is 188 Å². The Kier molecular flexibility index (Phi) is 7.84. The van der Waals surface area contributed by atoms with Gasteiger partial charge in [0.2, 0.25) is 5.91 Å². The molecule has 1 heterocycles. The molecule has 2 aromatic carbocycles. The molecule has 0 spiro atoms. The van der Waals surface area contributed by atoms with Gasteiger partial charge in [0.05, 0.1) is 10.6 Å². The fourth-order valence-corrected chi connectivity index (χ4v) is 4.70. The summed E-state index contributed by atoms with van der Waals surface area (Å²) in [5.74, 6) is -0.929. The molecule has 0 aliphatic carbocycles. The van der Waals surface area contributed by atoms with Crippen LogP contribution in [0.15, 0.2) is 47.4 Å². The molecule has 0 aromatic heterocycles. The first-order chi connectivity index (χ1) is 15.3. The van der Waals surface area contributed by atoms with Gasteiger partial charge in [0, 0.05) is 31.6 Å². The molecule has 0 saturated carbocycles. The van der Waals surface area contributed by atoms with E-state index in [1.807, 2.05) is 4.90 Å². The van der Waals surface area contributed by atoms with Gasteiger partial charge in [-0.25, -0.2) is 12.8 Å². The van der Waals surface area contributed by atoms with E-state index in [4.69, 9.17) is 0 Å². The SMILES string of the molecule is Cc1ccc(S(=O)(=O)Nc2ccccc2F)cc1C(=O)NCCCN1CCCCCC1=O. The summed E-state index contributed by atoms with van der Waals surface area (Å²) >= 11 is 0. The molecule has 172 valence electrons. The van der Waals surface area contributed by atoms with Gasteiger partial charge in [0.25, 0.3) is 15.9 Å². The van der Waals surface area contributed by atoms with Crippen LogP contribution < -0.4 is 10.0 Å². The lowest BCUT2D eigenvalue weighted by atomic mass is 10.1. The number of likely N-dealkylation sites (tertiary alicyclic amines) is 1. The molecule has 0 radical (unpaired) electrons. The third-order valence-electron chi connectivity index (χ3n) is 5.44. The van der Waals surface area contributed by atoms with Crippen molar-refractivity contribution in [2.45, 2.75) is 43.9 Å². The highest BCUT2D eigenvalue weighted by Crippen LogP contribution is 2.21. The van der Waals surface area contributed by atoms with Gasteiger partial charge in [-0.05, 0) is 56.0 Å². The molecule has 2 N–H and O–H groups in total. The number of para-hydroxylation sites is 1. The Hall–Kier alpha value is -2.94. The number of aryl methyl sites for hydroxylation is 1. The van der Waals surface area contributed by atoms with Crippen LogP contribution in [-0.4, -0.2) is 44.8 Å². The summed E-state index contributed by atoms with van der Waals surface area (Å²) in [6.45, 7) is 3.41. The van der Waals surface area contributed by atoms with Crippen LogP contribution in [0.5, 0.6) is 0 Å². The normalized spacial score (nSPS) is 14.7. The number of benzene rings is 2. The average Bonchev–Trinajstić information content (AvgIpc) is 2.96. The largest absolute Gasteiger partial charge is 0.352 e. The molecule has 32 heavy (non-hydrogen) atoms. The Bertz CT molecular complexity index is 1090. The lowest BCUT2D eigenvalue weighted by molar-refractivity contribution is -0.130. The summed E-state index contributed by atoms with van der Waals surface area (Å²) < 4.78 is 41.4. The Morgan fingerprint density at radius 1 is 1.12 bits per heavy atom. The maximum absolute atomic E-state index is 13.8. The van der Waals surface area contributed by atoms with Crippen molar-refractivity contribution in [2.24, 2.45) is 0 Å². The van der Waals surface area contributed by atoms with Crippen molar-refractivity contribution in [1.29, 1.82) is 0 Å². The van der Waals surface area contributed by atoms with E-state index in [1.54, 1.807) is 13.0 Å². The third kappa shape index (κ3) is 6.06. The van der Waals surface area contributed by atoms with Gasteiger partial charge < -0.3 is 10.2 Å². The van der Waals surface area contributed by atoms with Crippen LogP contribution in [0.1, 0.15) is 48.0 Å². The minimum Gasteiger partial charge on any atom is -0.352 e. The second-order valence-corrected chi connectivity index (χ2v) is 9.55. The van der Waals surface area contributed by atoms with Gasteiger partial charge in [-0.15, -0.1) is 0 Å². The van der Waals surface area contributed by atoms with Crippen LogP contribution in [-0.2, 0) is 14.8 Å². The molecule has 2 amide bonds. The lowest BCUT2D eigenvalue weighted by Gasteiger charge is -2.20. The third-order valence-corrected chi connectivity index (χ3v) is 6.81. The number of anilines is 1. The lowest BCUT2D eigenvalue weighted by Crippen LogP contribution is -2.34. The highest BCUT2D eigenvalue weighted by Gasteiger charge is 2.20. The van der Waals surface area contributed by atoms with E-state index in [-0.39, 0.29) is 22.1 Å². The van der Waals surface area contributed by atoms with Crippen LogP contribution in [0.3, 0.4) is 0 Å². The van der Waals surface area contributed by atoms with Gasteiger partial charge in [-0.1, -0.05) is 24.6 Å². The molecular formula is C23H28FN3O4S. The molecule has 0 atom stereocenters. The molecule has 7 nitrogen and oxygen atoms in total. The molecule has 9 heteroatoms. The zero-order chi connectivity index (χ0) is 23.1. The summed E-state index contributed by atoms with van der Waals surface area (Å²) in [6, 6.07) is 9.67. The van der Waals surface area contributed by atoms with Gasteiger partial charge in [-0.2, -0.15) is 0 Å². The Morgan fingerprint density at radius 3 is 2.69 bits per heavy atom. The molecular weight excluding hydrogens is 433 g/mol. The number of carbonyl (C=O) groups is 2. The van der Waals surface area contributed by atoms with Crippen LogP contribution in [0, 0.1) is 12.7 Å². The monoisotopic (exact) mass is 461 g/mol. The van der Waals surface area contributed by atoms with Crippen molar-refractivity contribution in [2.75, 3.05) is 24.4 Å². The van der Waals surface area contributed by atoms with E-state index in [1.165, 1.54) is 30.3 Å². The maximum Gasteiger partial charge on any atom is 0.262 e. The van der Waals surface area contributed by atoms with Gasteiger partial charge >= 0.3 is 0 Å². The summed E-state index contributed by atoms with van der Waals surface area (Å²) in [7, 11) is -4.07. The molecule has 1 aliphatic heterocycles. The second kappa shape index (κ2) is 10.6. The predicted molar refractivity (Wildman–Crippen MR) is 120 cm³/mol. The predicted octanol–water partition coefficient (Wildman–Crippen LogP) is 3.46. The van der Waals surface area contributed by atoms with Crippen molar-refractivity contribution in [1.82, 2.24) is 10.2 Å². The molecule has 1 saturated heterocycles. The summed E-state index contributed by atoms with van der Waals surface area (Å²) in [6.07, 6.45) is 4.18. The number of halogens is 1. The number of carbonyl (C=O) groups excluding carboxylic acids is 2. The zero-order valence-electron chi connectivity index (χ0n) is 18.1. The smallest absolute Gasteiger partial charge is 0.262 e. The van der Waals surface area contributed by atoms with Crippen molar-refractivity contribution in [3.63, 3.8) is 0 Å². The molecule has 1 aliphatic rings. The van der Waals surface area contributed by atoms with Crippen LogP contribution in [0.25, 0.3) is 0 Å². The number of nitrogens with one attached hydrogen (secondary N) is 2. The van der Waals surface area contributed by atoms with Crippen LogP contribution in [0.2, 0.25) is 0 Å². The van der Waals surface area contributed by atoms with Crippen molar-refractivity contribution < 1.29 is 22.4 Å². The number of hydrogen-bond donors (Lipinski definition) is 2. The van der Waals surface area contributed by atoms with Crippen molar-refractivity contribution >= 4 is 27.5 Å². The first-order valence-corrected chi connectivity index (χ1v) is 12.2. The second-order valence-electron chi connectivity index (χ2n) is 7.86. The number of amides is 2. The van der Waals surface area contributed by atoms with Gasteiger partial charge in [0.1, 0.15) is 5.82 Å². The Balaban J connectivity index is 1.62. The Morgan fingerprint density at radius 2 is 1.91 bits per heavy atom. The van der Waals surface area contributed by atoms with E-state index in [0.29, 0.717) is 31.5 Å². The van der Waals surface area contributed by atoms with E-state index >= 15 is 0 Å². The standard InChI is InChI=1S/C23H28FN3O4S/c1-17-11-12-18(32(30,31)26-21-9-5-4-8-20(21)24)16-19(17)23(29)25-13-7-15-27-14-6-2-3-10-22(27)28/h4-5,8-9,11-12,16,26H,2-3,6-7,10,13-15H2,1H3,(H,25,29). The van der Waals surface area contributed by atoms with Gasteiger partial charge in [-0.3, -0.25) is 14.3 Å². The van der Waals surface area contributed by atoms with Crippen molar-refractivity contribution in [3.05, 3.63) is 59.4 Å². The highest BCUT2D eigenvalue weighted by molar-refractivity contribution is 7.92. The summed E-state index contributed by atoms with van der Waals surface area (Å²) in [5.41, 5.74) is 0.685. The average molecular weight is 462 g/mol. The molecule has 0 bridgehead atoms. The fraction of sp³-hybridized carbons (Fsp3) is 0.391. The van der Waals surface area contributed by atoms with Gasteiger partial charge in [0.15, 0.2) is 0 Å². The maximum atomic E-state index is 13.8. The quantitative estimate of drug-likeness (QED) is 0.589. The van der Waals surface area contributed by atoms with Crippen molar-refractivity contribution in [3.8, 4) is 0 Å². The van der Waals surface area contributed by atoms with E-state index in [9.17, 15) is 22.4 Å². The minimum absolute atomic E-state index is 0.133. The number of nitrogens with zero attached hydrogens (tertiary/aromatic N) is 1. The summed E-state index contributed by atoms with van der Waals surface area (Å²) in [4.78, 5) is 26.4. The number of hydrogen-bond acceptors (Lipinski definition) is 4. The topological polar surface area (TPSA) is 95.6 Å². The summed E-state index contributed by atoms with van der Waals surface area (Å²) in [5, 5.41) is 2.80. The minimum atomic E-state index is -4.07. The van der Waals surface area contributed by atoms with Crippen LogP contribution in [0.4, 0.5) is 10.1 Å². The first-order valence-electron chi connectivity index (χ1n) is 10.7. The molecule has 1 fully saturated rings. The molecule has 2 aromatic rings. The zero-order valence-corrected chi connectivity index (χ0v) is 18.9. The molecule has 3 rings (SSSR count). The first kappa shape index (κ1) is 23.7. The molecule has 0 unspecified atom stereocenters. The number of rotatable bonds is 8. The number of sulfonamides is 1. The highest BCUT2D eigenvalue weighted by atomic mass is 32.2. The van der Waals surface area contributed by atoms with Crippen LogP contribution >= 0.6 is 0 Å².